The van der Waals surface area contributed by atoms with Crippen LogP contribution >= 0.6 is 0 Å². The van der Waals surface area contributed by atoms with Gasteiger partial charge in [-0.15, -0.1) is 0 Å². The first kappa shape index (κ1) is 14.7. The standard InChI is InChI=1S/C17H26N2O2/c1-19-11-5-6-13(12-19)21-16-9-3-7-14(17(16)20-2)15-8-4-10-18-15/h3,7,9,13,15,18H,4-6,8,10-12H2,1-2H3. The van der Waals surface area contributed by atoms with Crippen LogP contribution < -0.4 is 14.8 Å². The van der Waals surface area contributed by atoms with E-state index < -0.39 is 0 Å². The normalized spacial score (nSPS) is 26.8. The van der Waals surface area contributed by atoms with Gasteiger partial charge in [-0.3, -0.25) is 0 Å². The maximum absolute atomic E-state index is 6.25. The average Bonchev–Trinajstić information content (AvgIpc) is 3.01. The van der Waals surface area contributed by atoms with Gasteiger partial charge in [0.15, 0.2) is 11.5 Å². The number of likely N-dealkylation sites (tertiary alicyclic amines) is 1. The summed E-state index contributed by atoms with van der Waals surface area (Å²) < 4.78 is 11.9. The lowest BCUT2D eigenvalue weighted by molar-refractivity contribution is 0.101. The van der Waals surface area contributed by atoms with Crippen molar-refractivity contribution in [3.8, 4) is 11.5 Å². The molecule has 116 valence electrons. The van der Waals surface area contributed by atoms with Crippen LogP contribution in [-0.2, 0) is 0 Å². The summed E-state index contributed by atoms with van der Waals surface area (Å²) in [6.07, 6.45) is 5.00. The largest absolute Gasteiger partial charge is 0.493 e. The maximum Gasteiger partial charge on any atom is 0.165 e. The lowest BCUT2D eigenvalue weighted by atomic mass is 10.0. The molecule has 0 amide bonds. The number of methoxy groups -OCH3 is 1. The van der Waals surface area contributed by atoms with E-state index in [4.69, 9.17) is 9.47 Å². The Balaban J connectivity index is 1.79. The third-order valence-corrected chi connectivity index (χ3v) is 4.52. The molecule has 0 bridgehead atoms. The van der Waals surface area contributed by atoms with E-state index in [0.717, 1.165) is 31.0 Å². The van der Waals surface area contributed by atoms with Gasteiger partial charge in [0.1, 0.15) is 6.10 Å². The van der Waals surface area contributed by atoms with Gasteiger partial charge in [-0.25, -0.2) is 0 Å². The fourth-order valence-electron chi connectivity index (χ4n) is 3.46. The molecule has 1 N–H and O–H groups in total. The van der Waals surface area contributed by atoms with Crippen LogP contribution in [0.4, 0.5) is 0 Å². The molecule has 4 heteroatoms. The van der Waals surface area contributed by atoms with Crippen molar-refractivity contribution in [1.82, 2.24) is 10.2 Å². The number of piperidine rings is 1. The van der Waals surface area contributed by atoms with Gasteiger partial charge >= 0.3 is 0 Å². The Labute approximate surface area is 127 Å². The summed E-state index contributed by atoms with van der Waals surface area (Å²) in [6.45, 7) is 3.25. The highest BCUT2D eigenvalue weighted by molar-refractivity contribution is 5.48. The van der Waals surface area contributed by atoms with Crippen LogP contribution in [0.5, 0.6) is 11.5 Å². The Hall–Kier alpha value is -1.26. The number of ether oxygens (including phenoxy) is 2. The van der Waals surface area contributed by atoms with Crippen molar-refractivity contribution in [2.45, 2.75) is 37.8 Å². The summed E-state index contributed by atoms with van der Waals surface area (Å²) in [7, 11) is 3.90. The highest BCUT2D eigenvalue weighted by Crippen LogP contribution is 2.38. The van der Waals surface area contributed by atoms with Gasteiger partial charge in [0.2, 0.25) is 0 Å². The van der Waals surface area contributed by atoms with Gasteiger partial charge in [0.25, 0.3) is 0 Å². The molecule has 0 radical (unpaired) electrons. The van der Waals surface area contributed by atoms with E-state index in [1.807, 2.05) is 6.07 Å². The van der Waals surface area contributed by atoms with E-state index in [1.165, 1.54) is 31.4 Å². The number of nitrogens with zero attached hydrogens (tertiary/aromatic N) is 1. The third kappa shape index (κ3) is 3.33. The van der Waals surface area contributed by atoms with E-state index in [-0.39, 0.29) is 6.10 Å². The zero-order valence-corrected chi connectivity index (χ0v) is 13.1. The fourth-order valence-corrected chi connectivity index (χ4v) is 3.46. The smallest absolute Gasteiger partial charge is 0.165 e. The summed E-state index contributed by atoms with van der Waals surface area (Å²) in [5, 5.41) is 3.54. The van der Waals surface area contributed by atoms with Crippen LogP contribution in [0.15, 0.2) is 18.2 Å². The number of rotatable bonds is 4. The molecule has 0 spiro atoms. The molecule has 2 unspecified atom stereocenters. The minimum absolute atomic E-state index is 0.268. The Morgan fingerprint density at radius 2 is 2.14 bits per heavy atom. The molecule has 0 aliphatic carbocycles. The fraction of sp³-hybridized carbons (Fsp3) is 0.647. The quantitative estimate of drug-likeness (QED) is 0.924. The average molecular weight is 290 g/mol. The molecule has 0 aromatic heterocycles. The van der Waals surface area contributed by atoms with Crippen LogP contribution in [0.3, 0.4) is 0 Å². The van der Waals surface area contributed by atoms with Crippen molar-refractivity contribution in [1.29, 1.82) is 0 Å². The van der Waals surface area contributed by atoms with Crippen molar-refractivity contribution in [3.05, 3.63) is 23.8 Å². The molecular formula is C17H26N2O2. The van der Waals surface area contributed by atoms with Crippen LogP contribution in [-0.4, -0.2) is 44.8 Å². The second kappa shape index (κ2) is 6.67. The van der Waals surface area contributed by atoms with E-state index in [2.05, 4.69) is 29.4 Å². The molecule has 0 saturated carbocycles. The molecule has 2 aliphatic rings. The highest BCUT2D eigenvalue weighted by atomic mass is 16.5. The molecular weight excluding hydrogens is 264 g/mol. The van der Waals surface area contributed by atoms with E-state index >= 15 is 0 Å². The topological polar surface area (TPSA) is 33.7 Å². The van der Waals surface area contributed by atoms with Crippen LogP contribution in [0.2, 0.25) is 0 Å². The van der Waals surface area contributed by atoms with Crippen LogP contribution in [0.25, 0.3) is 0 Å². The summed E-state index contributed by atoms with van der Waals surface area (Å²) in [4.78, 5) is 2.34. The molecule has 2 aliphatic heterocycles. The monoisotopic (exact) mass is 290 g/mol. The van der Waals surface area contributed by atoms with Gasteiger partial charge < -0.3 is 19.7 Å². The number of hydrogen-bond acceptors (Lipinski definition) is 4. The molecule has 21 heavy (non-hydrogen) atoms. The number of benzene rings is 1. The van der Waals surface area contributed by atoms with E-state index in [9.17, 15) is 0 Å². The molecule has 2 fully saturated rings. The summed E-state index contributed by atoms with van der Waals surface area (Å²) in [5.41, 5.74) is 1.23. The molecule has 3 rings (SSSR count). The van der Waals surface area contributed by atoms with E-state index in [0.29, 0.717) is 6.04 Å². The molecule has 2 saturated heterocycles. The van der Waals surface area contributed by atoms with Gasteiger partial charge in [0, 0.05) is 18.2 Å². The predicted molar refractivity (Wildman–Crippen MR) is 84.1 cm³/mol. The van der Waals surface area contributed by atoms with Crippen molar-refractivity contribution < 1.29 is 9.47 Å². The molecule has 2 heterocycles. The van der Waals surface area contributed by atoms with Gasteiger partial charge in [-0.05, 0) is 51.9 Å². The van der Waals surface area contributed by atoms with E-state index in [1.54, 1.807) is 7.11 Å². The Bertz CT molecular complexity index is 472. The Morgan fingerprint density at radius 1 is 1.24 bits per heavy atom. The first-order chi connectivity index (χ1) is 10.3. The maximum atomic E-state index is 6.25. The second-order valence-corrected chi connectivity index (χ2v) is 6.17. The minimum atomic E-state index is 0.268. The summed E-state index contributed by atoms with van der Waals surface area (Å²) >= 11 is 0. The number of nitrogens with one attached hydrogen (secondary N) is 1. The van der Waals surface area contributed by atoms with Crippen LogP contribution in [0, 0.1) is 0 Å². The Kier molecular flexibility index (Phi) is 4.66. The molecule has 1 aromatic rings. The number of hydrogen-bond donors (Lipinski definition) is 1. The SMILES string of the molecule is COc1c(OC2CCCN(C)C2)cccc1C1CCCN1. The third-order valence-electron chi connectivity index (χ3n) is 4.52. The van der Waals surface area contributed by atoms with Crippen molar-refractivity contribution in [2.75, 3.05) is 33.8 Å². The second-order valence-electron chi connectivity index (χ2n) is 6.17. The highest BCUT2D eigenvalue weighted by Gasteiger charge is 2.24. The lowest BCUT2D eigenvalue weighted by Gasteiger charge is -2.30. The molecule has 1 aromatic carbocycles. The molecule has 2 atom stereocenters. The van der Waals surface area contributed by atoms with Gasteiger partial charge in [-0.1, -0.05) is 12.1 Å². The summed E-state index contributed by atoms with van der Waals surface area (Å²) in [5.74, 6) is 1.80. The van der Waals surface area contributed by atoms with Crippen molar-refractivity contribution in [3.63, 3.8) is 0 Å². The Morgan fingerprint density at radius 3 is 2.86 bits per heavy atom. The molecule has 4 nitrogen and oxygen atoms in total. The van der Waals surface area contributed by atoms with Crippen molar-refractivity contribution in [2.24, 2.45) is 0 Å². The minimum Gasteiger partial charge on any atom is -0.493 e. The summed E-state index contributed by atoms with van der Waals surface area (Å²) in [6, 6.07) is 6.67. The lowest BCUT2D eigenvalue weighted by Crippen LogP contribution is -2.38. The first-order valence-corrected chi connectivity index (χ1v) is 8.03. The van der Waals surface area contributed by atoms with Crippen LogP contribution in [0.1, 0.15) is 37.3 Å². The zero-order chi connectivity index (χ0) is 14.7. The van der Waals surface area contributed by atoms with Gasteiger partial charge in [-0.2, -0.15) is 0 Å². The predicted octanol–water partition coefficient (Wildman–Crippen LogP) is 2.59. The number of likely N-dealkylation sites (N-methyl/N-ethyl adjacent to an activating group) is 1. The first-order valence-electron chi connectivity index (χ1n) is 8.03. The number of para-hydroxylation sites is 1. The van der Waals surface area contributed by atoms with Crippen molar-refractivity contribution >= 4 is 0 Å². The zero-order valence-electron chi connectivity index (χ0n) is 13.1. The van der Waals surface area contributed by atoms with Gasteiger partial charge in [0.05, 0.1) is 7.11 Å².